The molecule has 0 atom stereocenters. The molecule has 35 heavy (non-hydrogen) atoms. The van der Waals surface area contributed by atoms with Crippen molar-refractivity contribution in [1.29, 1.82) is 0 Å². The highest BCUT2D eigenvalue weighted by molar-refractivity contribution is 7.92. The maximum Gasteiger partial charge on any atom is 0.264 e. The fourth-order valence-corrected chi connectivity index (χ4v) is 5.83. The first-order valence-electron chi connectivity index (χ1n) is 11.6. The summed E-state index contributed by atoms with van der Waals surface area (Å²) in [6.45, 7) is 7.09. The molecule has 1 aliphatic heterocycles. The van der Waals surface area contributed by atoms with E-state index in [2.05, 4.69) is 0 Å². The summed E-state index contributed by atoms with van der Waals surface area (Å²) in [6, 6.07) is 18.7. The van der Waals surface area contributed by atoms with E-state index in [4.69, 9.17) is 0 Å². The molecule has 1 aliphatic rings. The van der Waals surface area contributed by atoms with Crippen molar-refractivity contribution < 1.29 is 17.6 Å². The Hall–Kier alpha value is -3.39. The van der Waals surface area contributed by atoms with Crippen LogP contribution in [0, 0.1) is 26.6 Å². The van der Waals surface area contributed by atoms with Gasteiger partial charge in [0.05, 0.1) is 16.3 Å². The Morgan fingerprint density at radius 3 is 2.14 bits per heavy atom. The second-order valence-corrected chi connectivity index (χ2v) is 10.8. The molecule has 0 aliphatic carbocycles. The van der Waals surface area contributed by atoms with Gasteiger partial charge in [-0.2, -0.15) is 0 Å². The lowest BCUT2D eigenvalue weighted by atomic mass is 10.1. The summed E-state index contributed by atoms with van der Waals surface area (Å²) in [7, 11) is -3.97. The zero-order chi connectivity index (χ0) is 25.2. The van der Waals surface area contributed by atoms with E-state index < -0.39 is 10.0 Å². The maximum atomic E-state index is 14.2. The van der Waals surface area contributed by atoms with Gasteiger partial charge < -0.3 is 9.80 Å². The second kappa shape index (κ2) is 10.1. The molecule has 0 N–H and O–H groups in total. The highest BCUT2D eigenvalue weighted by Gasteiger charge is 2.31. The van der Waals surface area contributed by atoms with Gasteiger partial charge in [0, 0.05) is 26.2 Å². The highest BCUT2D eigenvalue weighted by atomic mass is 32.2. The molecular formula is C27H30FN3O3S. The normalized spacial score (nSPS) is 14.2. The lowest BCUT2D eigenvalue weighted by molar-refractivity contribution is -0.129. The van der Waals surface area contributed by atoms with Gasteiger partial charge in [0.25, 0.3) is 10.0 Å². The largest absolute Gasteiger partial charge is 0.366 e. The number of aryl methyl sites for hydroxylation is 3. The Balaban J connectivity index is 1.57. The van der Waals surface area contributed by atoms with Gasteiger partial charge in [-0.05, 0) is 56.7 Å². The topological polar surface area (TPSA) is 60.9 Å². The summed E-state index contributed by atoms with van der Waals surface area (Å²) in [5, 5.41) is 0. The van der Waals surface area contributed by atoms with Crippen molar-refractivity contribution >= 4 is 27.3 Å². The van der Waals surface area contributed by atoms with Crippen LogP contribution < -0.4 is 9.21 Å². The first-order chi connectivity index (χ1) is 16.7. The van der Waals surface area contributed by atoms with E-state index in [0.29, 0.717) is 37.6 Å². The number of halogens is 1. The summed E-state index contributed by atoms with van der Waals surface area (Å²) < 4.78 is 42.7. The van der Waals surface area contributed by atoms with E-state index in [0.717, 1.165) is 16.7 Å². The van der Waals surface area contributed by atoms with Crippen molar-refractivity contribution in [3.63, 3.8) is 0 Å². The van der Waals surface area contributed by atoms with E-state index in [-0.39, 0.29) is 23.2 Å². The summed E-state index contributed by atoms with van der Waals surface area (Å²) in [5.74, 6) is -0.577. The van der Waals surface area contributed by atoms with Crippen LogP contribution >= 0.6 is 0 Å². The van der Waals surface area contributed by atoms with E-state index >= 15 is 0 Å². The number of hydrogen-bond donors (Lipinski definition) is 0. The van der Waals surface area contributed by atoms with Crippen molar-refractivity contribution in [1.82, 2.24) is 4.90 Å². The third-order valence-electron chi connectivity index (χ3n) is 6.33. The van der Waals surface area contributed by atoms with Crippen LogP contribution in [0.4, 0.5) is 15.8 Å². The van der Waals surface area contributed by atoms with Gasteiger partial charge in [0.15, 0.2) is 0 Å². The SMILES string of the molecule is Cc1ccc(S(=O)(=O)N(CC(=O)N2CCN(c3ccccc3F)CC2)c2ccc(C)cc2C)cc1. The lowest BCUT2D eigenvalue weighted by Gasteiger charge is -2.37. The minimum Gasteiger partial charge on any atom is -0.366 e. The Kier molecular flexibility index (Phi) is 7.12. The third-order valence-corrected chi connectivity index (χ3v) is 8.11. The molecule has 3 aromatic carbocycles. The van der Waals surface area contributed by atoms with Gasteiger partial charge in [0.2, 0.25) is 5.91 Å². The molecule has 0 bridgehead atoms. The zero-order valence-electron chi connectivity index (χ0n) is 20.2. The van der Waals surface area contributed by atoms with Crippen LogP contribution in [-0.2, 0) is 14.8 Å². The van der Waals surface area contributed by atoms with Crippen LogP contribution in [0.2, 0.25) is 0 Å². The molecule has 8 heteroatoms. The lowest BCUT2D eigenvalue weighted by Crippen LogP contribution is -2.52. The van der Waals surface area contributed by atoms with E-state index in [1.807, 2.05) is 37.8 Å². The Bertz CT molecular complexity index is 1320. The number of sulfonamides is 1. The molecule has 184 valence electrons. The predicted octanol–water partition coefficient (Wildman–Crippen LogP) is 4.30. The average Bonchev–Trinajstić information content (AvgIpc) is 2.83. The number of rotatable bonds is 6. The van der Waals surface area contributed by atoms with E-state index in [9.17, 15) is 17.6 Å². The summed E-state index contributed by atoms with van der Waals surface area (Å²) in [6.07, 6.45) is 0. The Morgan fingerprint density at radius 2 is 1.51 bits per heavy atom. The Labute approximate surface area is 206 Å². The number of carbonyl (C=O) groups excluding carboxylic acids is 1. The number of para-hydroxylation sites is 1. The van der Waals surface area contributed by atoms with Crippen LogP contribution in [0.25, 0.3) is 0 Å². The van der Waals surface area contributed by atoms with E-state index in [1.54, 1.807) is 53.4 Å². The van der Waals surface area contributed by atoms with Gasteiger partial charge in [-0.25, -0.2) is 12.8 Å². The quantitative estimate of drug-likeness (QED) is 0.512. The standard InChI is InChI=1S/C27H30FN3O3S/c1-20-8-11-23(12-9-20)35(33,34)31(25-13-10-21(2)18-22(25)3)19-27(32)30-16-14-29(15-17-30)26-7-5-4-6-24(26)28/h4-13,18H,14-17,19H2,1-3H3. The fraction of sp³-hybridized carbons (Fsp3) is 0.296. The molecule has 0 spiro atoms. The number of amides is 1. The smallest absolute Gasteiger partial charge is 0.264 e. The van der Waals surface area contributed by atoms with Gasteiger partial charge in [-0.1, -0.05) is 47.5 Å². The molecule has 1 fully saturated rings. The summed E-state index contributed by atoms with van der Waals surface area (Å²) >= 11 is 0. The molecule has 1 amide bonds. The van der Waals surface area contributed by atoms with Crippen LogP contribution in [0.5, 0.6) is 0 Å². The van der Waals surface area contributed by atoms with Crippen LogP contribution in [0.1, 0.15) is 16.7 Å². The molecule has 3 aromatic rings. The molecule has 0 aromatic heterocycles. The first-order valence-corrected chi connectivity index (χ1v) is 13.0. The van der Waals surface area contributed by atoms with Crippen molar-refractivity contribution in [3.8, 4) is 0 Å². The van der Waals surface area contributed by atoms with Gasteiger partial charge in [0.1, 0.15) is 12.4 Å². The molecule has 6 nitrogen and oxygen atoms in total. The van der Waals surface area contributed by atoms with Gasteiger partial charge in [-0.3, -0.25) is 9.10 Å². The molecular weight excluding hydrogens is 465 g/mol. The monoisotopic (exact) mass is 495 g/mol. The van der Waals surface area contributed by atoms with Crippen LogP contribution in [0.3, 0.4) is 0 Å². The maximum absolute atomic E-state index is 14.2. The molecule has 0 unspecified atom stereocenters. The van der Waals surface area contributed by atoms with Crippen molar-refractivity contribution in [2.45, 2.75) is 25.7 Å². The van der Waals surface area contributed by atoms with Crippen molar-refractivity contribution in [2.75, 3.05) is 41.9 Å². The number of piperazine rings is 1. The molecule has 0 saturated carbocycles. The fourth-order valence-electron chi connectivity index (χ4n) is 4.35. The number of carbonyl (C=O) groups is 1. The van der Waals surface area contributed by atoms with Crippen LogP contribution in [-0.4, -0.2) is 51.9 Å². The van der Waals surface area contributed by atoms with Crippen molar-refractivity contribution in [2.24, 2.45) is 0 Å². The molecule has 1 saturated heterocycles. The minimum absolute atomic E-state index is 0.139. The first kappa shape index (κ1) is 24.7. The average molecular weight is 496 g/mol. The van der Waals surface area contributed by atoms with E-state index in [1.165, 1.54) is 10.4 Å². The number of nitrogens with zero attached hydrogens (tertiary/aromatic N) is 3. The number of hydrogen-bond acceptors (Lipinski definition) is 4. The third kappa shape index (κ3) is 5.32. The minimum atomic E-state index is -3.97. The van der Waals surface area contributed by atoms with Gasteiger partial charge >= 0.3 is 0 Å². The zero-order valence-corrected chi connectivity index (χ0v) is 21.1. The summed E-state index contributed by atoms with van der Waals surface area (Å²) in [5.41, 5.74) is 3.73. The van der Waals surface area contributed by atoms with Crippen LogP contribution in [0.15, 0.2) is 71.6 Å². The Morgan fingerprint density at radius 1 is 0.886 bits per heavy atom. The number of benzene rings is 3. The van der Waals surface area contributed by atoms with Gasteiger partial charge in [-0.15, -0.1) is 0 Å². The van der Waals surface area contributed by atoms with Crippen molar-refractivity contribution in [3.05, 3.63) is 89.2 Å². The highest BCUT2D eigenvalue weighted by Crippen LogP contribution is 2.28. The molecule has 1 heterocycles. The second-order valence-electron chi connectivity index (χ2n) is 8.93. The number of anilines is 2. The molecule has 4 rings (SSSR count). The summed E-state index contributed by atoms with van der Waals surface area (Å²) in [4.78, 5) is 17.0. The molecule has 0 radical (unpaired) electrons. The predicted molar refractivity (Wildman–Crippen MR) is 137 cm³/mol.